The van der Waals surface area contributed by atoms with Crippen LogP contribution in [0.4, 0.5) is 5.82 Å². The van der Waals surface area contributed by atoms with Crippen molar-refractivity contribution in [1.82, 2.24) is 10.3 Å². The molecule has 1 heterocycles. The third kappa shape index (κ3) is 3.89. The van der Waals surface area contributed by atoms with Gasteiger partial charge in [-0.1, -0.05) is 36.3 Å². The largest absolute Gasteiger partial charge is 0.349 e. The Morgan fingerprint density at radius 3 is 2.65 bits per heavy atom. The van der Waals surface area contributed by atoms with E-state index in [1.807, 2.05) is 24.3 Å². The fourth-order valence-electron chi connectivity index (χ4n) is 2.49. The summed E-state index contributed by atoms with van der Waals surface area (Å²) in [5.41, 5.74) is 1.79. The summed E-state index contributed by atoms with van der Waals surface area (Å²) >= 11 is 0. The van der Waals surface area contributed by atoms with Crippen molar-refractivity contribution in [3.8, 4) is 12.3 Å². The SMILES string of the molecule is C#CCNC(=O)c1ccc(N(Cc2ccccc2)C2CC2)nc1. The molecule has 1 aliphatic rings. The lowest BCUT2D eigenvalue weighted by molar-refractivity contribution is 0.0958. The Kier molecular flexibility index (Phi) is 4.58. The highest BCUT2D eigenvalue weighted by Gasteiger charge is 2.30. The lowest BCUT2D eigenvalue weighted by Gasteiger charge is -2.23. The molecule has 0 atom stereocenters. The van der Waals surface area contributed by atoms with Crippen LogP contribution in [-0.4, -0.2) is 23.5 Å². The van der Waals surface area contributed by atoms with Gasteiger partial charge in [0.25, 0.3) is 5.91 Å². The molecule has 1 N–H and O–H groups in total. The van der Waals surface area contributed by atoms with Gasteiger partial charge in [-0.15, -0.1) is 6.42 Å². The van der Waals surface area contributed by atoms with Gasteiger partial charge in [-0.25, -0.2) is 4.98 Å². The average Bonchev–Trinajstić information content (AvgIpc) is 3.43. The number of aromatic nitrogens is 1. The number of rotatable bonds is 6. The van der Waals surface area contributed by atoms with Crippen molar-refractivity contribution in [2.75, 3.05) is 11.4 Å². The zero-order valence-corrected chi connectivity index (χ0v) is 12.9. The third-order valence-corrected chi connectivity index (χ3v) is 3.84. The summed E-state index contributed by atoms with van der Waals surface area (Å²) in [7, 11) is 0. The summed E-state index contributed by atoms with van der Waals surface area (Å²) in [5, 5.41) is 2.64. The van der Waals surface area contributed by atoms with Crippen molar-refractivity contribution in [2.24, 2.45) is 0 Å². The van der Waals surface area contributed by atoms with Gasteiger partial charge in [0.15, 0.2) is 0 Å². The molecule has 23 heavy (non-hydrogen) atoms. The van der Waals surface area contributed by atoms with Gasteiger partial charge in [0.1, 0.15) is 5.82 Å². The number of benzene rings is 1. The van der Waals surface area contributed by atoms with E-state index in [1.165, 1.54) is 18.4 Å². The van der Waals surface area contributed by atoms with E-state index in [0.717, 1.165) is 12.4 Å². The number of nitrogens with zero attached hydrogens (tertiary/aromatic N) is 2. The van der Waals surface area contributed by atoms with Crippen LogP contribution < -0.4 is 10.2 Å². The van der Waals surface area contributed by atoms with E-state index in [-0.39, 0.29) is 12.5 Å². The normalized spacial score (nSPS) is 13.2. The summed E-state index contributed by atoms with van der Waals surface area (Å²) in [6.07, 6.45) is 9.14. The molecule has 1 aliphatic carbocycles. The Balaban J connectivity index is 1.73. The van der Waals surface area contributed by atoms with Crippen molar-refractivity contribution in [3.05, 3.63) is 59.8 Å². The molecule has 1 fully saturated rings. The van der Waals surface area contributed by atoms with Gasteiger partial charge < -0.3 is 10.2 Å². The summed E-state index contributed by atoms with van der Waals surface area (Å²) in [4.78, 5) is 18.6. The maximum absolute atomic E-state index is 11.9. The van der Waals surface area contributed by atoms with E-state index in [2.05, 4.69) is 33.3 Å². The van der Waals surface area contributed by atoms with Crippen molar-refractivity contribution in [1.29, 1.82) is 0 Å². The van der Waals surface area contributed by atoms with Crippen LogP contribution in [0.2, 0.25) is 0 Å². The van der Waals surface area contributed by atoms with Crippen LogP contribution in [-0.2, 0) is 6.54 Å². The van der Waals surface area contributed by atoms with Gasteiger partial charge in [0.2, 0.25) is 0 Å². The van der Waals surface area contributed by atoms with Crippen LogP contribution in [0, 0.1) is 12.3 Å². The van der Waals surface area contributed by atoms with Crippen LogP contribution in [0.3, 0.4) is 0 Å². The zero-order valence-electron chi connectivity index (χ0n) is 12.9. The van der Waals surface area contributed by atoms with Gasteiger partial charge in [0.05, 0.1) is 12.1 Å². The van der Waals surface area contributed by atoms with E-state index in [4.69, 9.17) is 6.42 Å². The highest BCUT2D eigenvalue weighted by Crippen LogP contribution is 2.32. The highest BCUT2D eigenvalue weighted by atomic mass is 16.1. The van der Waals surface area contributed by atoms with Crippen LogP contribution in [0.25, 0.3) is 0 Å². The minimum Gasteiger partial charge on any atom is -0.349 e. The van der Waals surface area contributed by atoms with Gasteiger partial charge >= 0.3 is 0 Å². The summed E-state index contributed by atoms with van der Waals surface area (Å²) in [5.74, 6) is 3.10. The molecule has 1 amide bonds. The zero-order chi connectivity index (χ0) is 16.1. The van der Waals surface area contributed by atoms with E-state index in [9.17, 15) is 4.79 Å². The summed E-state index contributed by atoms with van der Waals surface area (Å²) < 4.78 is 0. The molecule has 0 spiro atoms. The minimum absolute atomic E-state index is 0.192. The van der Waals surface area contributed by atoms with E-state index in [0.29, 0.717) is 11.6 Å². The molecule has 4 nitrogen and oxygen atoms in total. The minimum atomic E-state index is -0.192. The third-order valence-electron chi connectivity index (χ3n) is 3.84. The van der Waals surface area contributed by atoms with Crippen molar-refractivity contribution in [3.63, 3.8) is 0 Å². The smallest absolute Gasteiger partial charge is 0.253 e. The first-order valence-corrected chi connectivity index (χ1v) is 7.76. The van der Waals surface area contributed by atoms with Crippen molar-refractivity contribution in [2.45, 2.75) is 25.4 Å². The van der Waals surface area contributed by atoms with E-state index < -0.39 is 0 Å². The Morgan fingerprint density at radius 1 is 1.26 bits per heavy atom. The number of nitrogens with one attached hydrogen (secondary N) is 1. The maximum atomic E-state index is 11.9. The Bertz CT molecular complexity index is 700. The van der Waals surface area contributed by atoms with Crippen molar-refractivity contribution >= 4 is 11.7 Å². The molecule has 116 valence electrons. The molecule has 0 saturated heterocycles. The second-order valence-corrected chi connectivity index (χ2v) is 5.64. The predicted molar refractivity (Wildman–Crippen MR) is 91.1 cm³/mol. The second kappa shape index (κ2) is 6.97. The maximum Gasteiger partial charge on any atom is 0.253 e. The van der Waals surface area contributed by atoms with E-state index in [1.54, 1.807) is 12.3 Å². The molecule has 0 radical (unpaired) electrons. The van der Waals surface area contributed by atoms with Crippen LogP contribution in [0.1, 0.15) is 28.8 Å². The predicted octanol–water partition coefficient (Wildman–Crippen LogP) is 2.61. The summed E-state index contributed by atoms with van der Waals surface area (Å²) in [6.45, 7) is 1.06. The quantitative estimate of drug-likeness (QED) is 0.835. The fourth-order valence-corrected chi connectivity index (χ4v) is 2.49. The van der Waals surface area contributed by atoms with Crippen molar-refractivity contribution < 1.29 is 4.79 Å². The average molecular weight is 305 g/mol. The number of carbonyl (C=O) groups is 1. The Morgan fingerprint density at radius 2 is 2.04 bits per heavy atom. The Labute approximate surface area is 136 Å². The molecule has 2 aromatic rings. The van der Waals surface area contributed by atoms with Gasteiger partial charge in [-0.3, -0.25) is 4.79 Å². The number of amides is 1. The standard InChI is InChI=1S/C19H19N3O/c1-2-12-20-19(23)16-8-11-18(21-13-16)22(17-9-10-17)14-15-6-4-3-5-7-15/h1,3-8,11,13,17H,9-10,12,14H2,(H,20,23). The van der Waals surface area contributed by atoms with Crippen LogP contribution >= 0.6 is 0 Å². The van der Waals surface area contributed by atoms with Crippen LogP contribution in [0.15, 0.2) is 48.7 Å². The molecule has 0 bridgehead atoms. The molecule has 1 aromatic heterocycles. The van der Waals surface area contributed by atoms with Gasteiger partial charge in [-0.05, 0) is 30.5 Å². The monoisotopic (exact) mass is 305 g/mol. The number of hydrogen-bond acceptors (Lipinski definition) is 3. The first-order chi connectivity index (χ1) is 11.3. The molecule has 1 aromatic carbocycles. The molecule has 4 heteroatoms. The van der Waals surface area contributed by atoms with Crippen LogP contribution in [0.5, 0.6) is 0 Å². The first kappa shape index (κ1) is 15.1. The number of pyridine rings is 1. The second-order valence-electron chi connectivity index (χ2n) is 5.64. The van der Waals surface area contributed by atoms with Gasteiger partial charge in [0, 0.05) is 18.8 Å². The lowest BCUT2D eigenvalue weighted by Crippen LogP contribution is -2.27. The Hall–Kier alpha value is -2.80. The molecule has 1 saturated carbocycles. The first-order valence-electron chi connectivity index (χ1n) is 7.76. The number of anilines is 1. The van der Waals surface area contributed by atoms with Gasteiger partial charge in [-0.2, -0.15) is 0 Å². The fraction of sp³-hybridized carbons (Fsp3) is 0.263. The molecular weight excluding hydrogens is 286 g/mol. The number of terminal acetylenes is 1. The highest BCUT2D eigenvalue weighted by molar-refractivity contribution is 5.94. The molecule has 0 aliphatic heterocycles. The molecular formula is C19H19N3O. The lowest BCUT2D eigenvalue weighted by atomic mass is 10.2. The topological polar surface area (TPSA) is 45.2 Å². The molecule has 0 unspecified atom stereocenters. The molecule has 3 rings (SSSR count). The number of carbonyl (C=O) groups excluding carboxylic acids is 1. The van der Waals surface area contributed by atoms with E-state index >= 15 is 0 Å². The summed E-state index contributed by atoms with van der Waals surface area (Å²) in [6, 6.07) is 14.6. The number of hydrogen-bond donors (Lipinski definition) is 1.